The summed E-state index contributed by atoms with van der Waals surface area (Å²) in [6, 6.07) is 15.4. The zero-order chi connectivity index (χ0) is 16.7. The van der Waals surface area contributed by atoms with Crippen LogP contribution in [0.2, 0.25) is 0 Å². The molecule has 4 heteroatoms. The highest BCUT2D eigenvalue weighted by Gasteiger charge is 2.16. The van der Waals surface area contributed by atoms with Gasteiger partial charge in [0.1, 0.15) is 5.75 Å². The largest absolute Gasteiger partial charge is 0.481 e. The van der Waals surface area contributed by atoms with E-state index in [4.69, 9.17) is 4.74 Å². The quantitative estimate of drug-likeness (QED) is 0.593. The van der Waals surface area contributed by atoms with Gasteiger partial charge in [-0.15, -0.1) is 18.3 Å². The molecule has 1 amide bonds. The van der Waals surface area contributed by atoms with Crippen LogP contribution in [0.4, 0.5) is 5.69 Å². The number of hydrogen-bond acceptors (Lipinski definition) is 3. The van der Waals surface area contributed by atoms with Crippen molar-refractivity contribution in [3.63, 3.8) is 0 Å². The number of nitrogens with one attached hydrogen (secondary N) is 1. The molecule has 0 aromatic heterocycles. The summed E-state index contributed by atoms with van der Waals surface area (Å²) in [5, 5.41) is 2.93. The van der Waals surface area contributed by atoms with Gasteiger partial charge in [-0.1, -0.05) is 35.9 Å². The van der Waals surface area contributed by atoms with Crippen molar-refractivity contribution in [1.29, 1.82) is 0 Å². The number of thioether (sulfide) groups is 1. The first kappa shape index (κ1) is 17.2. The van der Waals surface area contributed by atoms with E-state index < -0.39 is 6.10 Å². The highest BCUT2D eigenvalue weighted by atomic mass is 32.2. The summed E-state index contributed by atoms with van der Waals surface area (Å²) in [6.45, 7) is 7.48. The monoisotopic (exact) mass is 327 g/mol. The third-order valence-corrected chi connectivity index (χ3v) is 4.27. The Kier molecular flexibility index (Phi) is 6.29. The minimum absolute atomic E-state index is 0.169. The van der Waals surface area contributed by atoms with E-state index in [2.05, 4.69) is 11.9 Å². The van der Waals surface area contributed by atoms with Gasteiger partial charge in [-0.2, -0.15) is 0 Å². The number of ether oxygens (including phenoxy) is 1. The van der Waals surface area contributed by atoms with Crippen molar-refractivity contribution in [2.75, 3.05) is 11.1 Å². The number of benzene rings is 2. The van der Waals surface area contributed by atoms with Crippen LogP contribution in [0.1, 0.15) is 12.5 Å². The van der Waals surface area contributed by atoms with Crippen LogP contribution in [0.5, 0.6) is 5.75 Å². The molecule has 0 radical (unpaired) electrons. The molecule has 0 aliphatic carbocycles. The number of rotatable bonds is 7. The maximum absolute atomic E-state index is 12.3. The number of aryl methyl sites for hydroxylation is 1. The van der Waals surface area contributed by atoms with Crippen LogP contribution in [0.15, 0.2) is 66.1 Å². The van der Waals surface area contributed by atoms with Gasteiger partial charge in [0.05, 0.1) is 5.69 Å². The van der Waals surface area contributed by atoms with Crippen LogP contribution in [0, 0.1) is 6.92 Å². The number of para-hydroxylation sites is 1. The summed E-state index contributed by atoms with van der Waals surface area (Å²) >= 11 is 1.63. The Bertz CT molecular complexity index is 667. The molecule has 0 unspecified atom stereocenters. The molecule has 3 nitrogen and oxygen atoms in total. The Labute approximate surface area is 141 Å². The van der Waals surface area contributed by atoms with Gasteiger partial charge in [0.25, 0.3) is 5.91 Å². The van der Waals surface area contributed by atoms with Crippen LogP contribution in [0.3, 0.4) is 0 Å². The summed E-state index contributed by atoms with van der Waals surface area (Å²) in [6.07, 6.45) is 1.27. The normalized spacial score (nSPS) is 11.6. The molecule has 2 aromatic carbocycles. The van der Waals surface area contributed by atoms with E-state index in [0.717, 1.165) is 21.9 Å². The van der Waals surface area contributed by atoms with Crippen molar-refractivity contribution in [2.24, 2.45) is 0 Å². The molecule has 0 saturated heterocycles. The smallest absolute Gasteiger partial charge is 0.265 e. The lowest BCUT2D eigenvalue weighted by Crippen LogP contribution is -2.30. The van der Waals surface area contributed by atoms with E-state index in [1.807, 2.05) is 61.5 Å². The summed E-state index contributed by atoms with van der Waals surface area (Å²) in [5.41, 5.74) is 1.95. The Morgan fingerprint density at radius 2 is 1.96 bits per heavy atom. The second-order valence-electron chi connectivity index (χ2n) is 5.16. The zero-order valence-corrected chi connectivity index (χ0v) is 14.2. The molecule has 0 aliphatic rings. The number of carbonyl (C=O) groups excluding carboxylic acids is 1. The summed E-state index contributed by atoms with van der Waals surface area (Å²) in [5.74, 6) is 1.31. The topological polar surface area (TPSA) is 38.3 Å². The van der Waals surface area contributed by atoms with Gasteiger partial charge in [0, 0.05) is 10.6 Å². The molecule has 0 heterocycles. The lowest BCUT2D eigenvalue weighted by atomic mass is 10.2. The van der Waals surface area contributed by atoms with Crippen LogP contribution in [-0.4, -0.2) is 17.8 Å². The van der Waals surface area contributed by atoms with Gasteiger partial charge in [-0.3, -0.25) is 4.79 Å². The molecule has 23 heavy (non-hydrogen) atoms. The molecule has 0 bridgehead atoms. The lowest BCUT2D eigenvalue weighted by molar-refractivity contribution is -0.122. The lowest BCUT2D eigenvalue weighted by Gasteiger charge is -2.16. The summed E-state index contributed by atoms with van der Waals surface area (Å²) in [4.78, 5) is 13.4. The maximum atomic E-state index is 12.3. The Morgan fingerprint density at radius 3 is 2.65 bits per heavy atom. The van der Waals surface area contributed by atoms with E-state index in [0.29, 0.717) is 5.75 Å². The average Bonchev–Trinajstić information content (AvgIpc) is 2.56. The SMILES string of the molecule is C=CCSc1ccccc1NC(=O)[C@@H](C)Oc1ccc(C)cc1. The molecule has 2 aromatic rings. The fourth-order valence-corrected chi connectivity index (χ4v) is 2.70. The van der Waals surface area contributed by atoms with Gasteiger partial charge in [-0.25, -0.2) is 0 Å². The highest BCUT2D eigenvalue weighted by molar-refractivity contribution is 7.99. The van der Waals surface area contributed by atoms with Gasteiger partial charge in [-0.05, 0) is 38.1 Å². The first-order valence-corrected chi connectivity index (χ1v) is 8.45. The third kappa shape index (κ3) is 5.18. The van der Waals surface area contributed by atoms with Crippen LogP contribution in [0.25, 0.3) is 0 Å². The van der Waals surface area contributed by atoms with Crippen LogP contribution >= 0.6 is 11.8 Å². The first-order valence-electron chi connectivity index (χ1n) is 7.47. The molecule has 1 N–H and O–H groups in total. The highest BCUT2D eigenvalue weighted by Crippen LogP contribution is 2.27. The second-order valence-corrected chi connectivity index (χ2v) is 6.22. The minimum atomic E-state index is -0.574. The standard InChI is InChI=1S/C19H21NO2S/c1-4-13-23-18-8-6-5-7-17(18)20-19(21)15(3)22-16-11-9-14(2)10-12-16/h4-12,15H,1,13H2,2-3H3,(H,20,21)/t15-/m1/s1. The predicted octanol–water partition coefficient (Wildman–Crippen LogP) is 4.68. The van der Waals surface area contributed by atoms with Crippen LogP contribution < -0.4 is 10.1 Å². The molecule has 1 atom stereocenters. The van der Waals surface area contributed by atoms with E-state index >= 15 is 0 Å². The third-order valence-electron chi connectivity index (χ3n) is 3.20. The fraction of sp³-hybridized carbons (Fsp3) is 0.211. The zero-order valence-electron chi connectivity index (χ0n) is 13.4. The number of hydrogen-bond donors (Lipinski definition) is 1. The molecule has 0 fully saturated rings. The Morgan fingerprint density at radius 1 is 1.26 bits per heavy atom. The minimum Gasteiger partial charge on any atom is -0.481 e. The number of anilines is 1. The number of amides is 1. The number of carbonyl (C=O) groups is 1. The van der Waals surface area contributed by atoms with Crippen molar-refractivity contribution in [2.45, 2.75) is 24.8 Å². The Hall–Kier alpha value is -2.20. The van der Waals surface area contributed by atoms with Gasteiger partial charge in [0.2, 0.25) is 0 Å². The van der Waals surface area contributed by atoms with Crippen LogP contribution in [-0.2, 0) is 4.79 Å². The molecule has 2 rings (SSSR count). The van der Waals surface area contributed by atoms with Crippen molar-refractivity contribution in [1.82, 2.24) is 0 Å². The van der Waals surface area contributed by atoms with Crippen molar-refractivity contribution in [3.05, 3.63) is 66.7 Å². The van der Waals surface area contributed by atoms with E-state index in [9.17, 15) is 4.79 Å². The van der Waals surface area contributed by atoms with Crippen molar-refractivity contribution in [3.8, 4) is 5.75 Å². The average molecular weight is 327 g/mol. The Balaban J connectivity index is 2.00. The molecular formula is C19H21NO2S. The molecule has 0 spiro atoms. The molecule has 0 saturated carbocycles. The van der Waals surface area contributed by atoms with E-state index in [-0.39, 0.29) is 5.91 Å². The van der Waals surface area contributed by atoms with Crippen molar-refractivity contribution < 1.29 is 9.53 Å². The molecule has 120 valence electrons. The molecular weight excluding hydrogens is 306 g/mol. The van der Waals surface area contributed by atoms with E-state index in [1.165, 1.54) is 0 Å². The van der Waals surface area contributed by atoms with E-state index in [1.54, 1.807) is 18.7 Å². The van der Waals surface area contributed by atoms with Crippen molar-refractivity contribution >= 4 is 23.4 Å². The maximum Gasteiger partial charge on any atom is 0.265 e. The predicted molar refractivity (Wildman–Crippen MR) is 97.3 cm³/mol. The second kappa shape index (κ2) is 8.44. The first-order chi connectivity index (χ1) is 11.1. The van der Waals surface area contributed by atoms with Gasteiger partial charge < -0.3 is 10.1 Å². The van der Waals surface area contributed by atoms with Gasteiger partial charge in [0.15, 0.2) is 6.10 Å². The fourth-order valence-electron chi connectivity index (χ4n) is 1.95. The van der Waals surface area contributed by atoms with Gasteiger partial charge >= 0.3 is 0 Å². The molecule has 0 aliphatic heterocycles. The summed E-state index contributed by atoms with van der Waals surface area (Å²) < 4.78 is 5.69. The summed E-state index contributed by atoms with van der Waals surface area (Å²) in [7, 11) is 0.